The molecule has 1 aromatic carbocycles. The van der Waals surface area contributed by atoms with Crippen molar-refractivity contribution < 1.29 is 9.90 Å². The van der Waals surface area contributed by atoms with E-state index in [1.807, 2.05) is 6.92 Å². The Labute approximate surface area is 178 Å². The van der Waals surface area contributed by atoms with Crippen LogP contribution in [0.2, 0.25) is 10.0 Å². The predicted molar refractivity (Wildman–Crippen MR) is 114 cm³/mol. The van der Waals surface area contributed by atoms with Gasteiger partial charge in [-0.05, 0) is 36.8 Å². The molecule has 150 valence electrons. The van der Waals surface area contributed by atoms with E-state index in [4.69, 9.17) is 28.3 Å². The molecule has 3 rings (SSSR count). The first kappa shape index (κ1) is 21.0. The van der Waals surface area contributed by atoms with E-state index in [0.717, 1.165) is 11.3 Å². The van der Waals surface area contributed by atoms with Crippen molar-refractivity contribution in [2.45, 2.75) is 13.3 Å². The average molecular weight is 432 g/mol. The fourth-order valence-corrected chi connectivity index (χ4v) is 3.31. The molecule has 0 unspecified atom stereocenters. The van der Waals surface area contributed by atoms with Gasteiger partial charge in [0.2, 0.25) is 5.95 Å². The third-order valence-electron chi connectivity index (χ3n) is 3.94. The van der Waals surface area contributed by atoms with Gasteiger partial charge >= 0.3 is 0 Å². The van der Waals surface area contributed by atoms with Crippen LogP contribution in [0, 0.1) is 6.92 Å². The first-order chi connectivity index (χ1) is 14.0. The average Bonchev–Trinajstić information content (AvgIpc) is 2.66. The first-order valence-electron chi connectivity index (χ1n) is 8.86. The summed E-state index contributed by atoms with van der Waals surface area (Å²) < 4.78 is 0. The second-order valence-corrected chi connectivity index (χ2v) is 7.05. The fourth-order valence-electron chi connectivity index (χ4n) is 2.70. The number of ketones is 1. The minimum atomic E-state index is -0.175. The molecule has 7 nitrogen and oxygen atoms in total. The van der Waals surface area contributed by atoms with Gasteiger partial charge in [-0.25, -0.2) is 9.97 Å². The smallest absolute Gasteiger partial charge is 0.224 e. The van der Waals surface area contributed by atoms with Crippen LogP contribution in [0.1, 0.15) is 21.6 Å². The van der Waals surface area contributed by atoms with Crippen molar-refractivity contribution in [3.63, 3.8) is 0 Å². The Morgan fingerprint density at radius 1 is 1.10 bits per heavy atom. The Kier molecular flexibility index (Phi) is 6.98. The lowest BCUT2D eigenvalue weighted by Gasteiger charge is -2.10. The number of rotatable bonds is 8. The Bertz CT molecular complexity index is 1010. The number of hydrogen-bond acceptors (Lipinski definition) is 7. The highest BCUT2D eigenvalue weighted by Crippen LogP contribution is 2.26. The summed E-state index contributed by atoms with van der Waals surface area (Å²) in [5.74, 6) is 1.31. The van der Waals surface area contributed by atoms with Gasteiger partial charge in [-0.1, -0.05) is 29.3 Å². The summed E-state index contributed by atoms with van der Waals surface area (Å²) in [5, 5.41) is 15.6. The minimum absolute atomic E-state index is 0.0207. The molecule has 0 saturated carbocycles. The number of carbonyl (C=O) groups excluding carboxylic acids is 1. The maximum absolute atomic E-state index is 12.7. The number of benzene rings is 1. The molecular weight excluding hydrogens is 413 g/mol. The van der Waals surface area contributed by atoms with Gasteiger partial charge in [0.05, 0.1) is 22.2 Å². The number of aromatic nitrogens is 3. The lowest BCUT2D eigenvalue weighted by Crippen LogP contribution is -2.10. The van der Waals surface area contributed by atoms with Gasteiger partial charge in [0.1, 0.15) is 11.6 Å². The Morgan fingerprint density at radius 3 is 2.59 bits per heavy atom. The molecule has 0 aliphatic carbocycles. The van der Waals surface area contributed by atoms with Crippen LogP contribution in [0.3, 0.4) is 0 Å². The molecule has 0 saturated heterocycles. The monoisotopic (exact) mass is 431 g/mol. The van der Waals surface area contributed by atoms with Gasteiger partial charge in [0, 0.05) is 30.9 Å². The summed E-state index contributed by atoms with van der Waals surface area (Å²) >= 11 is 12.3. The third kappa shape index (κ3) is 5.63. The summed E-state index contributed by atoms with van der Waals surface area (Å²) in [5.41, 5.74) is 1.82. The topological polar surface area (TPSA) is 100 Å². The number of nitrogens with zero attached hydrogens (tertiary/aromatic N) is 3. The highest BCUT2D eigenvalue weighted by atomic mass is 35.5. The molecule has 0 fully saturated rings. The molecule has 2 heterocycles. The number of halogens is 2. The largest absolute Gasteiger partial charge is 0.395 e. The number of aliphatic hydroxyl groups excluding tert-OH is 1. The highest BCUT2D eigenvalue weighted by Gasteiger charge is 2.15. The minimum Gasteiger partial charge on any atom is -0.395 e. The summed E-state index contributed by atoms with van der Waals surface area (Å²) in [6, 6.07) is 10.3. The first-order valence-corrected chi connectivity index (χ1v) is 9.61. The summed E-state index contributed by atoms with van der Waals surface area (Å²) in [6.07, 6.45) is 1.74. The number of Topliss-reactive ketones (excluding diaryl/α,β-unsaturated/α-hetero) is 1. The van der Waals surface area contributed by atoms with Crippen molar-refractivity contribution in [3.8, 4) is 0 Å². The lowest BCUT2D eigenvalue weighted by atomic mass is 10.0. The molecular formula is C20H19Cl2N5O2. The van der Waals surface area contributed by atoms with E-state index in [1.54, 1.807) is 42.6 Å². The van der Waals surface area contributed by atoms with E-state index in [0.29, 0.717) is 39.7 Å². The second-order valence-electron chi connectivity index (χ2n) is 6.24. The van der Waals surface area contributed by atoms with Crippen LogP contribution in [0.15, 0.2) is 42.6 Å². The number of pyridine rings is 1. The zero-order valence-electron chi connectivity index (χ0n) is 15.6. The SMILES string of the molecule is Cc1cc(Nc2cc(CC(=O)c3c(Cl)cccc3Cl)ccn2)nc(NCCO)n1. The van der Waals surface area contributed by atoms with Crippen molar-refractivity contribution in [1.29, 1.82) is 0 Å². The second kappa shape index (κ2) is 9.65. The van der Waals surface area contributed by atoms with E-state index in [2.05, 4.69) is 25.6 Å². The molecule has 3 aromatic rings. The standard InChI is InChI=1S/C20H19Cl2N5O2/c1-12-9-18(27-20(25-12)24-7-8-28)26-17-11-13(5-6-23-17)10-16(29)19-14(21)3-2-4-15(19)22/h2-6,9,11,28H,7-8,10H2,1H3,(H2,23,24,25,26,27). The van der Waals surface area contributed by atoms with Crippen molar-refractivity contribution in [2.75, 3.05) is 23.8 Å². The van der Waals surface area contributed by atoms with Crippen LogP contribution in [0.5, 0.6) is 0 Å². The molecule has 0 radical (unpaired) electrons. The molecule has 0 amide bonds. The fraction of sp³-hybridized carbons (Fsp3) is 0.200. The zero-order chi connectivity index (χ0) is 20.8. The van der Waals surface area contributed by atoms with Crippen molar-refractivity contribution in [1.82, 2.24) is 15.0 Å². The third-order valence-corrected chi connectivity index (χ3v) is 4.57. The van der Waals surface area contributed by atoms with E-state index in [9.17, 15) is 4.79 Å². The number of carbonyl (C=O) groups is 1. The number of aliphatic hydroxyl groups is 1. The summed E-state index contributed by atoms with van der Waals surface area (Å²) in [4.78, 5) is 25.5. The zero-order valence-corrected chi connectivity index (χ0v) is 17.1. The van der Waals surface area contributed by atoms with E-state index < -0.39 is 0 Å². The van der Waals surface area contributed by atoms with Crippen molar-refractivity contribution >= 4 is 46.6 Å². The molecule has 9 heteroatoms. The maximum atomic E-state index is 12.7. The van der Waals surface area contributed by atoms with Crippen LogP contribution in [-0.4, -0.2) is 39.0 Å². The Morgan fingerprint density at radius 2 is 1.86 bits per heavy atom. The normalized spacial score (nSPS) is 10.6. The van der Waals surface area contributed by atoms with Crippen molar-refractivity contribution in [2.24, 2.45) is 0 Å². The predicted octanol–water partition coefficient (Wildman–Crippen LogP) is 4.06. The molecule has 0 bridgehead atoms. The molecule has 0 aliphatic rings. The van der Waals surface area contributed by atoms with E-state index >= 15 is 0 Å². The maximum Gasteiger partial charge on any atom is 0.224 e. The van der Waals surface area contributed by atoms with Crippen LogP contribution in [0.25, 0.3) is 0 Å². The lowest BCUT2D eigenvalue weighted by molar-refractivity contribution is 0.0993. The number of nitrogens with one attached hydrogen (secondary N) is 2. The Balaban J connectivity index is 1.76. The van der Waals surface area contributed by atoms with Crippen molar-refractivity contribution in [3.05, 3.63) is 69.5 Å². The number of aryl methyl sites for hydroxylation is 1. The van der Waals surface area contributed by atoms with Crippen LogP contribution >= 0.6 is 23.2 Å². The van der Waals surface area contributed by atoms with E-state index in [1.165, 1.54) is 0 Å². The quantitative estimate of drug-likeness (QED) is 0.462. The molecule has 0 aliphatic heterocycles. The van der Waals surface area contributed by atoms with Crippen LogP contribution in [-0.2, 0) is 6.42 Å². The van der Waals surface area contributed by atoms with Gasteiger partial charge < -0.3 is 15.7 Å². The molecule has 3 N–H and O–H groups in total. The summed E-state index contributed by atoms with van der Waals surface area (Å²) in [6.45, 7) is 2.17. The number of hydrogen-bond donors (Lipinski definition) is 3. The van der Waals surface area contributed by atoms with Gasteiger partial charge in [-0.15, -0.1) is 0 Å². The van der Waals surface area contributed by atoms with E-state index in [-0.39, 0.29) is 18.8 Å². The van der Waals surface area contributed by atoms with Gasteiger partial charge in [-0.3, -0.25) is 4.79 Å². The molecule has 29 heavy (non-hydrogen) atoms. The summed E-state index contributed by atoms with van der Waals surface area (Å²) in [7, 11) is 0. The van der Waals surface area contributed by atoms with Gasteiger partial charge in [0.25, 0.3) is 0 Å². The highest BCUT2D eigenvalue weighted by molar-refractivity contribution is 6.39. The molecule has 0 atom stereocenters. The molecule has 2 aromatic heterocycles. The van der Waals surface area contributed by atoms with Gasteiger partial charge in [-0.2, -0.15) is 4.98 Å². The number of anilines is 3. The van der Waals surface area contributed by atoms with Crippen LogP contribution in [0.4, 0.5) is 17.6 Å². The Hall–Kier alpha value is -2.74. The molecule has 0 spiro atoms. The van der Waals surface area contributed by atoms with Crippen LogP contribution < -0.4 is 10.6 Å². The van der Waals surface area contributed by atoms with Gasteiger partial charge in [0.15, 0.2) is 5.78 Å².